The molecule has 2 amide bonds. The fraction of sp³-hybridized carbons (Fsp3) is 0.250. The molecule has 0 radical (unpaired) electrons. The maximum atomic E-state index is 11.9. The number of hydrogen-bond acceptors (Lipinski definition) is 3. The maximum absolute atomic E-state index is 11.9. The molecule has 2 aromatic rings. The average Bonchev–Trinajstić information content (AvgIpc) is 2.50. The summed E-state index contributed by atoms with van der Waals surface area (Å²) < 4.78 is 5.05. The molecule has 0 fully saturated rings. The molecular weight excluding hydrogens is 266 g/mol. The van der Waals surface area contributed by atoms with Crippen molar-refractivity contribution in [1.29, 1.82) is 0 Å². The van der Waals surface area contributed by atoms with Crippen LogP contribution in [0.25, 0.3) is 0 Å². The second-order valence-electron chi connectivity index (χ2n) is 4.76. The lowest BCUT2D eigenvalue weighted by Crippen LogP contribution is -2.28. The predicted molar refractivity (Wildman–Crippen MR) is 82.6 cm³/mol. The highest BCUT2D eigenvalue weighted by Gasteiger charge is 2.06. The zero-order chi connectivity index (χ0) is 15.2. The summed E-state index contributed by atoms with van der Waals surface area (Å²) in [4.78, 5) is 16.0. The van der Waals surface area contributed by atoms with Crippen molar-refractivity contribution < 1.29 is 9.53 Å². The second kappa shape index (κ2) is 6.74. The molecule has 2 N–H and O–H groups in total. The number of aromatic nitrogens is 1. The second-order valence-corrected chi connectivity index (χ2v) is 4.76. The number of anilines is 1. The Morgan fingerprint density at radius 1 is 1.29 bits per heavy atom. The number of urea groups is 1. The van der Waals surface area contributed by atoms with E-state index >= 15 is 0 Å². The van der Waals surface area contributed by atoms with E-state index < -0.39 is 0 Å². The Balaban J connectivity index is 1.94. The summed E-state index contributed by atoms with van der Waals surface area (Å²) in [6, 6.07) is 9.21. The Kier molecular flexibility index (Phi) is 4.77. The molecule has 0 bridgehead atoms. The summed E-state index contributed by atoms with van der Waals surface area (Å²) in [5.74, 6) is 0.532. The fourth-order valence-corrected chi connectivity index (χ4v) is 1.91. The number of pyridine rings is 1. The number of nitrogens with zero attached hydrogens (tertiary/aromatic N) is 1. The van der Waals surface area contributed by atoms with Crippen molar-refractivity contribution in [3.8, 4) is 5.88 Å². The number of methoxy groups -OCH3 is 1. The highest BCUT2D eigenvalue weighted by Crippen LogP contribution is 2.17. The lowest BCUT2D eigenvalue weighted by molar-refractivity contribution is 0.251. The molecule has 21 heavy (non-hydrogen) atoms. The van der Waals surface area contributed by atoms with E-state index in [9.17, 15) is 4.79 Å². The minimum Gasteiger partial charge on any atom is -0.481 e. The number of amides is 2. The molecule has 0 saturated heterocycles. The van der Waals surface area contributed by atoms with Crippen molar-refractivity contribution in [2.24, 2.45) is 0 Å². The van der Waals surface area contributed by atoms with Crippen LogP contribution in [0.2, 0.25) is 0 Å². The lowest BCUT2D eigenvalue weighted by Gasteiger charge is -2.11. The van der Waals surface area contributed by atoms with E-state index in [1.54, 1.807) is 19.4 Å². The van der Waals surface area contributed by atoms with Gasteiger partial charge >= 0.3 is 6.03 Å². The molecule has 0 aliphatic heterocycles. The molecule has 1 heterocycles. The molecule has 0 saturated carbocycles. The number of hydrogen-bond donors (Lipinski definition) is 2. The number of carbonyl (C=O) groups is 1. The van der Waals surface area contributed by atoms with Gasteiger partial charge in [-0.15, -0.1) is 0 Å². The zero-order valence-electron chi connectivity index (χ0n) is 12.4. The number of nitrogens with one attached hydrogen (secondary N) is 2. The molecule has 5 heteroatoms. The molecule has 0 atom stereocenters. The van der Waals surface area contributed by atoms with Gasteiger partial charge in [-0.2, -0.15) is 0 Å². The maximum Gasteiger partial charge on any atom is 0.319 e. The van der Waals surface area contributed by atoms with Crippen molar-refractivity contribution in [2.45, 2.75) is 20.4 Å². The third-order valence-corrected chi connectivity index (χ3v) is 3.31. The van der Waals surface area contributed by atoms with Crippen LogP contribution in [0, 0.1) is 13.8 Å². The Hall–Kier alpha value is -2.56. The number of rotatable bonds is 4. The van der Waals surface area contributed by atoms with Crippen molar-refractivity contribution in [2.75, 3.05) is 12.4 Å². The molecule has 0 unspecified atom stereocenters. The summed E-state index contributed by atoms with van der Waals surface area (Å²) in [6.45, 7) is 4.41. The molecule has 0 aliphatic rings. The van der Waals surface area contributed by atoms with Gasteiger partial charge in [-0.05, 0) is 42.7 Å². The summed E-state index contributed by atoms with van der Waals surface area (Å²) in [6.07, 6.45) is 1.65. The molecule has 110 valence electrons. The van der Waals surface area contributed by atoms with Crippen LogP contribution in [0.15, 0.2) is 36.5 Å². The molecule has 0 aliphatic carbocycles. The van der Waals surface area contributed by atoms with Gasteiger partial charge in [0.1, 0.15) is 0 Å². The predicted octanol–water partition coefficient (Wildman–Crippen LogP) is 3.03. The van der Waals surface area contributed by atoms with Gasteiger partial charge in [0.25, 0.3) is 0 Å². The first kappa shape index (κ1) is 14.8. The topological polar surface area (TPSA) is 63.2 Å². The van der Waals surface area contributed by atoms with Crippen LogP contribution < -0.4 is 15.4 Å². The third-order valence-electron chi connectivity index (χ3n) is 3.31. The number of benzene rings is 1. The lowest BCUT2D eigenvalue weighted by atomic mass is 10.1. The number of ether oxygens (including phenoxy) is 1. The van der Waals surface area contributed by atoms with Gasteiger partial charge in [0.05, 0.1) is 7.11 Å². The van der Waals surface area contributed by atoms with Crippen LogP contribution >= 0.6 is 0 Å². The minimum absolute atomic E-state index is 0.237. The molecule has 2 rings (SSSR count). The monoisotopic (exact) mass is 285 g/mol. The van der Waals surface area contributed by atoms with Crippen molar-refractivity contribution in [1.82, 2.24) is 10.3 Å². The first-order chi connectivity index (χ1) is 10.1. The quantitative estimate of drug-likeness (QED) is 0.907. The van der Waals surface area contributed by atoms with Crippen molar-refractivity contribution >= 4 is 11.7 Å². The first-order valence-corrected chi connectivity index (χ1v) is 6.70. The molecule has 5 nitrogen and oxygen atoms in total. The molecule has 1 aromatic carbocycles. The molecule has 0 spiro atoms. The van der Waals surface area contributed by atoms with Gasteiger partial charge in [-0.25, -0.2) is 9.78 Å². The first-order valence-electron chi connectivity index (χ1n) is 6.70. The SMILES string of the molecule is COc1cc(CNC(=O)Nc2cccc(C)c2C)ccn1. The van der Waals surface area contributed by atoms with Gasteiger partial charge in [0.15, 0.2) is 0 Å². The molecular formula is C16H19N3O2. The normalized spacial score (nSPS) is 10.0. The van der Waals surface area contributed by atoms with E-state index in [-0.39, 0.29) is 6.03 Å². The van der Waals surface area contributed by atoms with E-state index in [2.05, 4.69) is 15.6 Å². The summed E-state index contributed by atoms with van der Waals surface area (Å²) in [5.41, 5.74) is 3.96. The minimum atomic E-state index is -0.237. The largest absolute Gasteiger partial charge is 0.481 e. The Bertz CT molecular complexity index is 641. The van der Waals surface area contributed by atoms with E-state index in [1.807, 2.05) is 38.1 Å². The third kappa shape index (κ3) is 3.95. The van der Waals surface area contributed by atoms with Crippen molar-refractivity contribution in [3.63, 3.8) is 0 Å². The average molecular weight is 285 g/mol. The van der Waals surface area contributed by atoms with Crippen LogP contribution in [0.1, 0.15) is 16.7 Å². The Morgan fingerprint density at radius 3 is 2.86 bits per heavy atom. The summed E-state index contributed by atoms with van der Waals surface area (Å²) in [5, 5.41) is 5.67. The standard InChI is InChI=1S/C16H19N3O2/c1-11-5-4-6-14(12(11)2)19-16(20)18-10-13-7-8-17-15(9-13)21-3/h4-9H,10H2,1-3H3,(H2,18,19,20). The van der Waals surface area contributed by atoms with Crippen LogP contribution in [0.5, 0.6) is 5.88 Å². The smallest absolute Gasteiger partial charge is 0.319 e. The Morgan fingerprint density at radius 2 is 2.10 bits per heavy atom. The fourth-order valence-electron chi connectivity index (χ4n) is 1.91. The summed E-state index contributed by atoms with van der Waals surface area (Å²) >= 11 is 0. The summed E-state index contributed by atoms with van der Waals surface area (Å²) in [7, 11) is 1.56. The van der Waals surface area contributed by atoms with Crippen LogP contribution in [0.4, 0.5) is 10.5 Å². The highest BCUT2D eigenvalue weighted by atomic mass is 16.5. The van der Waals surface area contributed by atoms with Gasteiger partial charge in [-0.1, -0.05) is 12.1 Å². The number of carbonyl (C=O) groups excluding carboxylic acids is 1. The Labute approximate surface area is 124 Å². The molecule has 1 aromatic heterocycles. The van der Waals surface area contributed by atoms with Crippen molar-refractivity contribution in [3.05, 3.63) is 53.2 Å². The van der Waals surface area contributed by atoms with E-state index in [4.69, 9.17) is 4.74 Å². The number of aryl methyl sites for hydroxylation is 1. The van der Waals surface area contributed by atoms with Crippen LogP contribution in [-0.4, -0.2) is 18.1 Å². The zero-order valence-corrected chi connectivity index (χ0v) is 12.4. The van der Waals surface area contributed by atoms with Gasteiger partial charge < -0.3 is 15.4 Å². The van der Waals surface area contributed by atoms with Gasteiger partial charge in [0, 0.05) is 24.5 Å². The highest BCUT2D eigenvalue weighted by molar-refractivity contribution is 5.90. The van der Waals surface area contributed by atoms with E-state index in [1.165, 1.54) is 0 Å². The van der Waals surface area contributed by atoms with Gasteiger partial charge in [0.2, 0.25) is 5.88 Å². The van der Waals surface area contributed by atoms with Gasteiger partial charge in [-0.3, -0.25) is 0 Å². The van der Waals surface area contributed by atoms with Crippen LogP contribution in [-0.2, 0) is 6.54 Å². The van der Waals surface area contributed by atoms with E-state index in [0.29, 0.717) is 12.4 Å². The van der Waals surface area contributed by atoms with Crippen LogP contribution in [0.3, 0.4) is 0 Å². The van der Waals surface area contributed by atoms with E-state index in [0.717, 1.165) is 22.4 Å².